The molecule has 1 aromatic carbocycles. The Morgan fingerprint density at radius 1 is 1.39 bits per heavy atom. The van der Waals surface area contributed by atoms with E-state index in [0.717, 1.165) is 17.0 Å². The van der Waals surface area contributed by atoms with Crippen molar-refractivity contribution in [2.75, 3.05) is 20.6 Å². The highest BCUT2D eigenvalue weighted by molar-refractivity contribution is 7.71. The Bertz CT molecular complexity index is 975. The first-order valence-electron chi connectivity index (χ1n) is 9.13. The largest absolute Gasteiger partial charge is 0.354 e. The molecule has 2 aromatic heterocycles. The van der Waals surface area contributed by atoms with E-state index in [0.29, 0.717) is 24.3 Å². The van der Waals surface area contributed by atoms with Gasteiger partial charge in [-0.1, -0.05) is 23.8 Å². The highest BCUT2D eigenvalue weighted by atomic mass is 32.1. The van der Waals surface area contributed by atoms with Crippen molar-refractivity contribution < 1.29 is 4.79 Å². The maximum Gasteiger partial charge on any atom is 0.221 e. The van der Waals surface area contributed by atoms with Gasteiger partial charge in [0.15, 0.2) is 10.6 Å². The van der Waals surface area contributed by atoms with Crippen molar-refractivity contribution in [3.8, 4) is 11.4 Å². The average molecular weight is 416 g/mol. The Hall–Kier alpha value is -2.29. The zero-order valence-corrected chi connectivity index (χ0v) is 17.9. The van der Waals surface area contributed by atoms with Crippen LogP contribution >= 0.6 is 23.6 Å². The molecule has 2 N–H and O–H groups in total. The van der Waals surface area contributed by atoms with Crippen LogP contribution in [0.2, 0.25) is 0 Å². The molecule has 1 amide bonds. The van der Waals surface area contributed by atoms with Crippen LogP contribution in [-0.2, 0) is 11.3 Å². The molecule has 0 aliphatic carbocycles. The highest BCUT2D eigenvalue weighted by Gasteiger charge is 2.16. The van der Waals surface area contributed by atoms with Gasteiger partial charge in [-0.25, -0.2) is 0 Å². The molecule has 148 valence electrons. The van der Waals surface area contributed by atoms with Crippen molar-refractivity contribution in [2.45, 2.75) is 25.9 Å². The molecule has 3 rings (SSSR count). The number of H-pyrrole nitrogens is 1. The van der Waals surface area contributed by atoms with Gasteiger partial charge in [0.1, 0.15) is 0 Å². The summed E-state index contributed by atoms with van der Waals surface area (Å²) >= 11 is 7.03. The van der Waals surface area contributed by atoms with E-state index in [9.17, 15) is 4.79 Å². The summed E-state index contributed by atoms with van der Waals surface area (Å²) in [5.41, 5.74) is 3.35. The van der Waals surface area contributed by atoms with Gasteiger partial charge in [0.05, 0.1) is 6.04 Å². The Morgan fingerprint density at radius 3 is 2.89 bits per heavy atom. The number of hydrogen-bond acceptors (Lipinski definition) is 5. The third kappa shape index (κ3) is 4.95. The van der Waals surface area contributed by atoms with E-state index in [1.54, 1.807) is 11.3 Å². The fourth-order valence-corrected chi connectivity index (χ4v) is 4.04. The normalized spacial score (nSPS) is 12.3. The van der Waals surface area contributed by atoms with Gasteiger partial charge in [-0.3, -0.25) is 14.5 Å². The first kappa shape index (κ1) is 20.4. The van der Waals surface area contributed by atoms with Crippen LogP contribution in [0.5, 0.6) is 0 Å². The average Bonchev–Trinajstić information content (AvgIpc) is 3.30. The van der Waals surface area contributed by atoms with Crippen LogP contribution < -0.4 is 5.32 Å². The quantitative estimate of drug-likeness (QED) is 0.550. The molecule has 0 saturated carbocycles. The topological polar surface area (TPSA) is 66.0 Å². The Balaban J connectivity index is 1.62. The van der Waals surface area contributed by atoms with Crippen molar-refractivity contribution in [3.63, 3.8) is 0 Å². The Kier molecular flexibility index (Phi) is 6.77. The van der Waals surface area contributed by atoms with Gasteiger partial charge in [-0.15, -0.1) is 0 Å². The molecule has 0 fully saturated rings. The molecular formula is C20H25N5OS2. The molecule has 1 unspecified atom stereocenters. The summed E-state index contributed by atoms with van der Waals surface area (Å²) in [4.78, 5) is 14.6. The van der Waals surface area contributed by atoms with Crippen LogP contribution in [0.15, 0.2) is 41.1 Å². The smallest absolute Gasteiger partial charge is 0.221 e. The van der Waals surface area contributed by atoms with E-state index >= 15 is 0 Å². The predicted octanol–water partition coefficient (Wildman–Crippen LogP) is 3.79. The first-order chi connectivity index (χ1) is 13.5. The van der Waals surface area contributed by atoms with Gasteiger partial charge >= 0.3 is 0 Å². The fourth-order valence-electron chi connectivity index (χ4n) is 3.11. The molecule has 0 aliphatic rings. The maximum absolute atomic E-state index is 12.4. The minimum absolute atomic E-state index is 0.000344. The zero-order valence-electron chi connectivity index (χ0n) is 16.3. The van der Waals surface area contributed by atoms with Crippen LogP contribution in [0.25, 0.3) is 11.4 Å². The van der Waals surface area contributed by atoms with E-state index < -0.39 is 0 Å². The number of rotatable bonds is 8. The Morgan fingerprint density at radius 2 is 2.21 bits per heavy atom. The van der Waals surface area contributed by atoms with Gasteiger partial charge in [0, 0.05) is 25.1 Å². The second-order valence-corrected chi connectivity index (χ2v) is 8.13. The molecule has 3 aromatic rings. The number of benzene rings is 1. The van der Waals surface area contributed by atoms with Crippen LogP contribution in [-0.4, -0.2) is 46.2 Å². The number of nitrogens with one attached hydrogen (secondary N) is 2. The lowest BCUT2D eigenvalue weighted by atomic mass is 10.1. The molecule has 2 heterocycles. The second kappa shape index (κ2) is 9.27. The first-order valence-corrected chi connectivity index (χ1v) is 10.5. The number of aromatic nitrogens is 3. The summed E-state index contributed by atoms with van der Waals surface area (Å²) < 4.78 is 2.40. The predicted molar refractivity (Wildman–Crippen MR) is 116 cm³/mol. The molecule has 0 bridgehead atoms. The monoisotopic (exact) mass is 415 g/mol. The fraction of sp³-hybridized carbons (Fsp3) is 0.350. The summed E-state index contributed by atoms with van der Waals surface area (Å²) in [6, 6.07) is 10.3. The minimum atomic E-state index is 0.000344. The molecule has 1 atom stereocenters. The van der Waals surface area contributed by atoms with Crippen molar-refractivity contribution in [1.82, 2.24) is 25.0 Å². The third-order valence-corrected chi connectivity index (χ3v) is 5.65. The van der Waals surface area contributed by atoms with Crippen LogP contribution in [0.1, 0.15) is 23.6 Å². The third-order valence-electron chi connectivity index (χ3n) is 4.64. The standard InChI is InChI=1S/C20H25N5OS2/c1-14-5-4-6-15(11-14)19-22-23-20(27)25(19)9-7-18(26)21-12-17(24(2)3)16-8-10-28-13-16/h4-6,8,10-11,13,17H,7,9,12H2,1-3H3,(H,21,26)(H,23,27). The second-order valence-electron chi connectivity index (χ2n) is 6.96. The van der Waals surface area contributed by atoms with E-state index in [1.165, 1.54) is 5.56 Å². The van der Waals surface area contributed by atoms with Crippen molar-refractivity contribution >= 4 is 29.5 Å². The number of carbonyl (C=O) groups excluding carboxylic acids is 1. The van der Waals surface area contributed by atoms with Gasteiger partial charge < -0.3 is 10.2 Å². The summed E-state index contributed by atoms with van der Waals surface area (Å²) in [7, 11) is 4.04. The van der Waals surface area contributed by atoms with Crippen LogP contribution in [0.3, 0.4) is 0 Å². The molecule has 0 aliphatic heterocycles. The van der Waals surface area contributed by atoms with Crippen molar-refractivity contribution in [2.24, 2.45) is 0 Å². The van der Waals surface area contributed by atoms with Gasteiger partial charge in [-0.2, -0.15) is 16.4 Å². The number of aromatic amines is 1. The number of thiophene rings is 1. The van der Waals surface area contributed by atoms with Crippen molar-refractivity contribution in [1.29, 1.82) is 0 Å². The molecule has 6 nitrogen and oxygen atoms in total. The highest BCUT2D eigenvalue weighted by Crippen LogP contribution is 2.21. The molecule has 0 spiro atoms. The zero-order chi connectivity index (χ0) is 20.1. The van der Waals surface area contributed by atoms with Gasteiger partial charge in [0.25, 0.3) is 0 Å². The summed E-state index contributed by atoms with van der Waals surface area (Å²) in [6.45, 7) is 3.09. The van der Waals surface area contributed by atoms with E-state index in [1.807, 2.05) is 43.8 Å². The van der Waals surface area contributed by atoms with Crippen LogP contribution in [0.4, 0.5) is 0 Å². The SMILES string of the molecule is Cc1cccc(-c2n[nH]c(=S)n2CCC(=O)NCC(c2ccsc2)N(C)C)c1. The minimum Gasteiger partial charge on any atom is -0.354 e. The lowest BCUT2D eigenvalue weighted by molar-refractivity contribution is -0.121. The van der Waals surface area contributed by atoms with Gasteiger partial charge in [0.2, 0.25) is 5.91 Å². The number of nitrogens with zero attached hydrogens (tertiary/aromatic N) is 3. The van der Waals surface area contributed by atoms with Gasteiger partial charge in [-0.05, 0) is 61.7 Å². The van der Waals surface area contributed by atoms with Crippen molar-refractivity contribution in [3.05, 3.63) is 57.0 Å². The molecule has 0 saturated heterocycles. The Labute approximate surface area is 174 Å². The lowest BCUT2D eigenvalue weighted by Crippen LogP contribution is -2.34. The van der Waals surface area contributed by atoms with E-state index in [-0.39, 0.29) is 11.9 Å². The number of amides is 1. The molecule has 28 heavy (non-hydrogen) atoms. The molecule has 0 radical (unpaired) electrons. The van der Waals surface area contributed by atoms with Crippen LogP contribution in [0, 0.1) is 11.7 Å². The number of aryl methyl sites for hydroxylation is 1. The number of carbonyl (C=O) groups is 1. The lowest BCUT2D eigenvalue weighted by Gasteiger charge is -2.24. The number of hydrogen-bond donors (Lipinski definition) is 2. The molecule has 8 heteroatoms. The summed E-state index contributed by atoms with van der Waals surface area (Å²) in [5, 5.41) is 14.4. The summed E-state index contributed by atoms with van der Waals surface area (Å²) in [6.07, 6.45) is 0.344. The van der Waals surface area contributed by atoms with E-state index in [2.05, 4.69) is 43.3 Å². The number of likely N-dealkylation sites (N-methyl/N-ethyl adjacent to an activating group) is 1. The maximum atomic E-state index is 12.4. The molecular weight excluding hydrogens is 390 g/mol. The van der Waals surface area contributed by atoms with E-state index in [4.69, 9.17) is 12.2 Å². The summed E-state index contributed by atoms with van der Waals surface area (Å²) in [5.74, 6) is 0.756.